The van der Waals surface area contributed by atoms with Gasteiger partial charge in [-0.15, -0.1) is 0 Å². The Balaban J connectivity index is 1.30. The molecule has 1 saturated heterocycles. The van der Waals surface area contributed by atoms with Crippen LogP contribution < -0.4 is 0 Å². The summed E-state index contributed by atoms with van der Waals surface area (Å²) < 4.78 is 38.8. The van der Waals surface area contributed by atoms with Crippen LogP contribution in [0.15, 0.2) is 18.2 Å². The fourth-order valence-electron chi connectivity index (χ4n) is 5.65. The number of halogens is 3. The number of hydrogen-bond acceptors (Lipinski definition) is 2. The lowest BCUT2D eigenvalue weighted by Crippen LogP contribution is -2.61. The summed E-state index contributed by atoms with van der Waals surface area (Å²) in [6.07, 6.45) is 0.829. The maximum absolute atomic E-state index is 12.9. The molecule has 1 aliphatic heterocycles. The van der Waals surface area contributed by atoms with E-state index < -0.39 is 17.3 Å². The van der Waals surface area contributed by atoms with Crippen molar-refractivity contribution in [1.29, 1.82) is 0 Å². The van der Waals surface area contributed by atoms with Crippen molar-refractivity contribution in [1.82, 2.24) is 4.90 Å². The Kier molecular flexibility index (Phi) is 4.57. The van der Waals surface area contributed by atoms with Crippen LogP contribution in [-0.2, 0) is 17.4 Å². The first-order valence-electron chi connectivity index (χ1n) is 10.1. The number of alkyl halides is 3. The third-order valence-electron chi connectivity index (χ3n) is 7.01. The molecule has 0 aromatic heterocycles. The van der Waals surface area contributed by atoms with Gasteiger partial charge in [-0.2, -0.15) is 13.2 Å². The monoisotopic (exact) mass is 395 g/mol. The van der Waals surface area contributed by atoms with E-state index in [1.54, 1.807) is 19.1 Å². The summed E-state index contributed by atoms with van der Waals surface area (Å²) in [6, 6.07) is 4.49. The predicted octanol–water partition coefficient (Wildman–Crippen LogP) is 4.35. The molecule has 3 aliphatic rings. The normalized spacial score (nSPS) is 31.6. The molecular weight excluding hydrogens is 367 g/mol. The van der Waals surface area contributed by atoms with Gasteiger partial charge in [0.2, 0.25) is 5.91 Å². The molecule has 1 aromatic carbocycles. The summed E-state index contributed by atoms with van der Waals surface area (Å²) in [5.41, 5.74) is 0.225. The number of amides is 1. The van der Waals surface area contributed by atoms with Gasteiger partial charge in [0, 0.05) is 24.4 Å². The fraction of sp³-hybridized carbons (Fsp3) is 0.682. The van der Waals surface area contributed by atoms with Crippen molar-refractivity contribution in [2.75, 3.05) is 13.1 Å². The van der Waals surface area contributed by atoms with Crippen LogP contribution in [0.5, 0.6) is 0 Å². The molecular formula is C22H28F3NO2. The Morgan fingerprint density at radius 1 is 1.25 bits per heavy atom. The summed E-state index contributed by atoms with van der Waals surface area (Å²) in [5.74, 6) is 0.622. The van der Waals surface area contributed by atoms with Crippen LogP contribution >= 0.6 is 0 Å². The lowest BCUT2D eigenvalue weighted by atomic mass is 9.69. The number of nitrogens with zero attached hydrogens (tertiary/aromatic N) is 1. The van der Waals surface area contributed by atoms with Crippen molar-refractivity contribution >= 4 is 5.91 Å². The van der Waals surface area contributed by atoms with Crippen molar-refractivity contribution in [3.8, 4) is 0 Å². The zero-order valence-electron chi connectivity index (χ0n) is 16.5. The van der Waals surface area contributed by atoms with Gasteiger partial charge in [0.1, 0.15) is 0 Å². The van der Waals surface area contributed by atoms with E-state index >= 15 is 0 Å². The lowest BCUT2D eigenvalue weighted by Gasteiger charge is -2.52. The number of carbonyl (C=O) groups is 1. The van der Waals surface area contributed by atoms with Crippen LogP contribution in [0.3, 0.4) is 0 Å². The van der Waals surface area contributed by atoms with Crippen molar-refractivity contribution in [2.45, 2.75) is 64.1 Å². The molecule has 1 aromatic rings. The summed E-state index contributed by atoms with van der Waals surface area (Å²) >= 11 is 0. The largest absolute Gasteiger partial charge is 0.416 e. The van der Waals surface area contributed by atoms with Crippen LogP contribution in [-0.4, -0.2) is 34.6 Å². The summed E-state index contributed by atoms with van der Waals surface area (Å²) in [5, 5.41) is 9.83. The van der Waals surface area contributed by atoms with Gasteiger partial charge in [-0.3, -0.25) is 4.79 Å². The standard InChI is InChI=1S/C22H28F3NO2/c1-14-7-15(3-4-18(14)22(23,24)25)8-16-5-6-21(9-16)12-26(13-21)19(27)17-10-20(2,28)11-17/h3-4,7,16-17,28H,5-6,8-13H2,1-2H3/t16-,17?,20?/m1/s1. The van der Waals surface area contributed by atoms with Crippen molar-refractivity contribution in [3.63, 3.8) is 0 Å². The fourth-order valence-corrected chi connectivity index (χ4v) is 5.65. The third-order valence-corrected chi connectivity index (χ3v) is 7.01. The van der Waals surface area contributed by atoms with Crippen LogP contribution in [0.1, 0.15) is 55.7 Å². The van der Waals surface area contributed by atoms with Gasteiger partial charge in [-0.05, 0) is 75.5 Å². The molecule has 1 heterocycles. The molecule has 28 heavy (non-hydrogen) atoms. The van der Waals surface area contributed by atoms with Gasteiger partial charge in [-0.25, -0.2) is 0 Å². The first-order valence-corrected chi connectivity index (χ1v) is 10.1. The van der Waals surface area contributed by atoms with E-state index in [0.717, 1.165) is 44.3 Å². The van der Waals surface area contributed by atoms with Gasteiger partial charge in [-0.1, -0.05) is 12.1 Å². The maximum atomic E-state index is 12.9. The van der Waals surface area contributed by atoms with E-state index in [1.165, 1.54) is 13.0 Å². The van der Waals surface area contributed by atoms with Crippen LogP contribution in [0.4, 0.5) is 13.2 Å². The molecule has 6 heteroatoms. The first-order chi connectivity index (χ1) is 13.0. The Labute approximate surface area is 163 Å². The molecule has 3 nitrogen and oxygen atoms in total. The second-order valence-corrected chi connectivity index (χ2v) is 9.76. The number of aryl methyl sites for hydroxylation is 1. The second-order valence-electron chi connectivity index (χ2n) is 9.76. The molecule has 4 rings (SSSR count). The van der Waals surface area contributed by atoms with Gasteiger partial charge in [0.25, 0.3) is 0 Å². The van der Waals surface area contributed by atoms with Gasteiger partial charge in [0.15, 0.2) is 0 Å². The number of likely N-dealkylation sites (tertiary alicyclic amines) is 1. The van der Waals surface area contributed by atoms with E-state index in [9.17, 15) is 23.1 Å². The van der Waals surface area contributed by atoms with E-state index in [-0.39, 0.29) is 22.8 Å². The third kappa shape index (κ3) is 3.68. The Bertz CT molecular complexity index is 772. The topological polar surface area (TPSA) is 40.5 Å². The van der Waals surface area contributed by atoms with Gasteiger partial charge in [0.05, 0.1) is 11.2 Å². The smallest absolute Gasteiger partial charge is 0.390 e. The summed E-state index contributed by atoms with van der Waals surface area (Å²) in [7, 11) is 0. The molecule has 3 fully saturated rings. The molecule has 2 aliphatic carbocycles. The number of carbonyl (C=O) groups excluding carboxylic acids is 1. The number of rotatable bonds is 3. The highest BCUT2D eigenvalue weighted by Gasteiger charge is 2.52. The van der Waals surface area contributed by atoms with Gasteiger partial charge < -0.3 is 10.0 Å². The quantitative estimate of drug-likeness (QED) is 0.827. The minimum atomic E-state index is -4.30. The van der Waals surface area contributed by atoms with Crippen molar-refractivity contribution in [3.05, 3.63) is 34.9 Å². The molecule has 2 saturated carbocycles. The molecule has 1 spiro atoms. The highest BCUT2D eigenvalue weighted by Crippen LogP contribution is 2.50. The molecule has 0 radical (unpaired) electrons. The molecule has 1 atom stereocenters. The van der Waals surface area contributed by atoms with Crippen molar-refractivity contribution in [2.24, 2.45) is 17.3 Å². The van der Waals surface area contributed by atoms with Crippen molar-refractivity contribution < 1.29 is 23.1 Å². The minimum absolute atomic E-state index is 0.0281. The first kappa shape index (κ1) is 19.7. The maximum Gasteiger partial charge on any atom is 0.416 e. The lowest BCUT2D eigenvalue weighted by molar-refractivity contribution is -0.161. The number of hydrogen-bond donors (Lipinski definition) is 1. The average Bonchev–Trinajstić information content (AvgIpc) is 2.93. The molecule has 1 amide bonds. The summed E-state index contributed by atoms with van der Waals surface area (Å²) in [4.78, 5) is 14.4. The summed E-state index contributed by atoms with van der Waals surface area (Å²) in [6.45, 7) is 4.90. The highest BCUT2D eigenvalue weighted by molar-refractivity contribution is 5.81. The van der Waals surface area contributed by atoms with Crippen LogP contribution in [0, 0.1) is 24.2 Å². The van der Waals surface area contributed by atoms with E-state index in [1.807, 2.05) is 4.90 Å². The molecule has 0 bridgehead atoms. The Morgan fingerprint density at radius 2 is 1.93 bits per heavy atom. The van der Waals surface area contributed by atoms with E-state index in [4.69, 9.17) is 0 Å². The minimum Gasteiger partial charge on any atom is -0.390 e. The predicted molar refractivity (Wildman–Crippen MR) is 99.6 cm³/mol. The molecule has 154 valence electrons. The van der Waals surface area contributed by atoms with Gasteiger partial charge >= 0.3 is 6.18 Å². The SMILES string of the molecule is Cc1cc(C[C@H]2CCC3(C2)CN(C(=O)C2CC(C)(O)C2)C3)ccc1C(F)(F)F. The second kappa shape index (κ2) is 6.48. The van der Waals surface area contributed by atoms with Crippen LogP contribution in [0.25, 0.3) is 0 Å². The van der Waals surface area contributed by atoms with Crippen LogP contribution in [0.2, 0.25) is 0 Å². The highest BCUT2D eigenvalue weighted by atomic mass is 19.4. The number of benzene rings is 1. The Hall–Kier alpha value is -1.56. The molecule has 0 unspecified atom stereocenters. The molecule has 1 N–H and O–H groups in total. The zero-order chi connectivity index (χ0) is 20.3. The van der Waals surface area contributed by atoms with E-state index in [0.29, 0.717) is 18.8 Å². The zero-order valence-corrected chi connectivity index (χ0v) is 16.5. The number of aliphatic hydroxyl groups is 1. The Morgan fingerprint density at radius 3 is 2.50 bits per heavy atom. The van der Waals surface area contributed by atoms with E-state index in [2.05, 4.69) is 0 Å². The average molecular weight is 395 g/mol.